The lowest BCUT2D eigenvalue weighted by molar-refractivity contribution is -0.138. The third-order valence-electron chi connectivity index (χ3n) is 4.11. The highest BCUT2D eigenvalue weighted by Crippen LogP contribution is 2.25. The number of nitrogens with zero attached hydrogens (tertiary/aromatic N) is 1. The number of carbonyl (C=O) groups excluding carboxylic acids is 1. The molecule has 1 aliphatic rings. The Labute approximate surface area is 135 Å². The maximum atomic E-state index is 12.6. The van der Waals surface area contributed by atoms with Crippen LogP contribution in [0, 0.1) is 13.8 Å². The second-order valence-electron chi connectivity index (χ2n) is 5.91. The summed E-state index contributed by atoms with van der Waals surface area (Å²) in [5, 5.41) is 2.11. The molecule has 1 amide bonds. The molecule has 0 saturated heterocycles. The normalized spacial score (nSPS) is 15.3. The maximum Gasteiger partial charge on any atom is 0.263 e. The van der Waals surface area contributed by atoms with Gasteiger partial charge in [0.25, 0.3) is 5.91 Å². The zero-order chi connectivity index (χ0) is 15.7. The molecule has 0 fully saturated rings. The smallest absolute Gasteiger partial charge is 0.263 e. The summed E-state index contributed by atoms with van der Waals surface area (Å²) in [6, 6.07) is 8.19. The predicted molar refractivity (Wildman–Crippen MR) is 89.4 cm³/mol. The Morgan fingerprint density at radius 2 is 2.14 bits per heavy atom. The first kappa shape index (κ1) is 15.1. The number of rotatable bonds is 3. The molecule has 116 valence electrons. The molecule has 0 bridgehead atoms. The molecule has 0 N–H and O–H groups in total. The molecular weight excluding hydrogens is 294 g/mol. The van der Waals surface area contributed by atoms with Crippen LogP contribution in [0.25, 0.3) is 0 Å². The summed E-state index contributed by atoms with van der Waals surface area (Å²) in [6.07, 6.45) is 0.496. The number of fused-ring (bicyclic) bond motifs is 1. The van der Waals surface area contributed by atoms with Crippen LogP contribution in [0.3, 0.4) is 0 Å². The number of aryl methyl sites for hydroxylation is 2. The lowest BCUT2D eigenvalue weighted by Gasteiger charge is -2.29. The van der Waals surface area contributed by atoms with Crippen molar-refractivity contribution in [3.8, 4) is 5.75 Å². The fourth-order valence-corrected chi connectivity index (χ4v) is 3.66. The Hall–Kier alpha value is -1.81. The molecule has 1 aliphatic heterocycles. The topological polar surface area (TPSA) is 29.5 Å². The van der Waals surface area contributed by atoms with Gasteiger partial charge >= 0.3 is 0 Å². The summed E-state index contributed by atoms with van der Waals surface area (Å²) < 4.78 is 5.92. The van der Waals surface area contributed by atoms with E-state index in [-0.39, 0.29) is 5.91 Å². The van der Waals surface area contributed by atoms with Gasteiger partial charge in [-0.3, -0.25) is 4.79 Å². The fraction of sp³-hybridized carbons (Fsp3) is 0.389. The van der Waals surface area contributed by atoms with Gasteiger partial charge in [-0.1, -0.05) is 12.1 Å². The number of ether oxygens (including phenoxy) is 1. The molecule has 0 spiro atoms. The first-order valence-corrected chi connectivity index (χ1v) is 8.50. The summed E-state index contributed by atoms with van der Waals surface area (Å²) in [5.41, 5.74) is 3.48. The van der Waals surface area contributed by atoms with Crippen LogP contribution in [0.5, 0.6) is 5.75 Å². The van der Waals surface area contributed by atoms with Crippen LogP contribution < -0.4 is 4.74 Å². The van der Waals surface area contributed by atoms with Crippen LogP contribution >= 0.6 is 11.3 Å². The predicted octanol–water partition coefficient (Wildman–Crippen LogP) is 3.72. The number of thiophene rings is 1. The van der Waals surface area contributed by atoms with Crippen LogP contribution in [0.2, 0.25) is 0 Å². The van der Waals surface area contributed by atoms with Crippen molar-refractivity contribution in [2.75, 3.05) is 6.54 Å². The summed E-state index contributed by atoms with van der Waals surface area (Å²) in [4.78, 5) is 16.0. The molecule has 1 atom stereocenters. The average Bonchev–Trinajstić information content (AvgIpc) is 2.97. The van der Waals surface area contributed by atoms with E-state index in [9.17, 15) is 4.79 Å². The molecule has 3 nitrogen and oxygen atoms in total. The second-order valence-corrected chi connectivity index (χ2v) is 6.91. The van der Waals surface area contributed by atoms with Gasteiger partial charge in [-0.05, 0) is 61.4 Å². The van der Waals surface area contributed by atoms with E-state index in [1.165, 1.54) is 10.4 Å². The van der Waals surface area contributed by atoms with Crippen LogP contribution in [0.4, 0.5) is 0 Å². The van der Waals surface area contributed by atoms with Crippen molar-refractivity contribution in [1.82, 2.24) is 4.90 Å². The summed E-state index contributed by atoms with van der Waals surface area (Å²) >= 11 is 1.78. The third kappa shape index (κ3) is 3.02. The molecule has 2 heterocycles. The van der Waals surface area contributed by atoms with E-state index in [0.717, 1.165) is 29.8 Å². The van der Waals surface area contributed by atoms with Crippen molar-refractivity contribution in [2.45, 2.75) is 39.8 Å². The Balaban J connectivity index is 1.69. The molecule has 0 radical (unpaired) electrons. The SMILES string of the molecule is Cc1ccc(C)c(O[C@H](C)C(=O)N2CCc3sccc3C2)c1. The quantitative estimate of drug-likeness (QED) is 0.864. The Morgan fingerprint density at radius 3 is 2.95 bits per heavy atom. The largest absolute Gasteiger partial charge is 0.481 e. The van der Waals surface area contributed by atoms with Crippen LogP contribution in [0.15, 0.2) is 29.6 Å². The average molecular weight is 315 g/mol. The van der Waals surface area contributed by atoms with Crippen LogP contribution in [0.1, 0.15) is 28.5 Å². The molecular formula is C18H21NO2S. The number of amides is 1. The van der Waals surface area contributed by atoms with Crippen molar-refractivity contribution in [3.05, 3.63) is 51.2 Å². The monoisotopic (exact) mass is 315 g/mol. The van der Waals surface area contributed by atoms with Gasteiger partial charge in [0.2, 0.25) is 0 Å². The molecule has 0 unspecified atom stereocenters. The van der Waals surface area contributed by atoms with Gasteiger partial charge in [-0.25, -0.2) is 0 Å². The highest BCUT2D eigenvalue weighted by molar-refractivity contribution is 7.10. The van der Waals surface area contributed by atoms with Gasteiger partial charge in [0, 0.05) is 18.0 Å². The minimum Gasteiger partial charge on any atom is -0.481 e. The molecule has 0 aliphatic carbocycles. The van der Waals surface area contributed by atoms with Gasteiger partial charge in [0.05, 0.1) is 0 Å². The van der Waals surface area contributed by atoms with Crippen molar-refractivity contribution in [1.29, 1.82) is 0 Å². The first-order valence-electron chi connectivity index (χ1n) is 7.62. The van der Waals surface area contributed by atoms with E-state index >= 15 is 0 Å². The first-order chi connectivity index (χ1) is 10.5. The minimum atomic E-state index is -0.458. The standard InChI is InChI=1S/C18H21NO2S/c1-12-4-5-13(2)16(10-12)21-14(3)18(20)19-8-6-17-15(11-19)7-9-22-17/h4-5,7,9-10,14H,6,8,11H2,1-3H3/t14-/m1/s1. The summed E-state index contributed by atoms with van der Waals surface area (Å²) in [6.45, 7) is 7.37. The van der Waals surface area contributed by atoms with E-state index in [1.54, 1.807) is 11.3 Å². The summed E-state index contributed by atoms with van der Waals surface area (Å²) in [5.74, 6) is 0.867. The van der Waals surface area contributed by atoms with Crippen molar-refractivity contribution in [2.24, 2.45) is 0 Å². The number of carbonyl (C=O) groups is 1. The van der Waals surface area contributed by atoms with Gasteiger partial charge in [0.15, 0.2) is 6.10 Å². The molecule has 1 aromatic carbocycles. The number of benzene rings is 1. The molecule has 1 aromatic heterocycles. The van der Waals surface area contributed by atoms with Gasteiger partial charge in [-0.2, -0.15) is 0 Å². The Bertz CT molecular complexity index is 692. The van der Waals surface area contributed by atoms with E-state index in [2.05, 4.69) is 17.5 Å². The number of hydrogen-bond donors (Lipinski definition) is 0. The highest BCUT2D eigenvalue weighted by atomic mass is 32.1. The lowest BCUT2D eigenvalue weighted by atomic mass is 10.1. The Morgan fingerprint density at radius 1 is 1.32 bits per heavy atom. The van der Waals surface area contributed by atoms with Gasteiger partial charge in [-0.15, -0.1) is 11.3 Å². The van der Waals surface area contributed by atoms with Gasteiger partial charge in [0.1, 0.15) is 5.75 Å². The van der Waals surface area contributed by atoms with Crippen LogP contribution in [-0.4, -0.2) is 23.5 Å². The van der Waals surface area contributed by atoms with E-state index in [4.69, 9.17) is 4.74 Å². The molecule has 3 rings (SSSR count). The summed E-state index contributed by atoms with van der Waals surface area (Å²) in [7, 11) is 0. The maximum absolute atomic E-state index is 12.6. The molecule has 4 heteroatoms. The fourth-order valence-electron chi connectivity index (χ4n) is 2.77. The van der Waals surface area contributed by atoms with E-state index in [1.807, 2.05) is 37.8 Å². The minimum absolute atomic E-state index is 0.0674. The lowest BCUT2D eigenvalue weighted by Crippen LogP contribution is -2.42. The Kier molecular flexibility index (Phi) is 4.21. The molecule has 22 heavy (non-hydrogen) atoms. The zero-order valence-corrected chi connectivity index (χ0v) is 14.1. The van der Waals surface area contributed by atoms with Crippen molar-refractivity contribution >= 4 is 17.2 Å². The van der Waals surface area contributed by atoms with Crippen molar-refractivity contribution in [3.63, 3.8) is 0 Å². The second kappa shape index (κ2) is 6.13. The number of hydrogen-bond acceptors (Lipinski definition) is 3. The van der Waals surface area contributed by atoms with E-state index < -0.39 is 6.10 Å². The molecule has 2 aromatic rings. The van der Waals surface area contributed by atoms with Gasteiger partial charge < -0.3 is 9.64 Å². The van der Waals surface area contributed by atoms with E-state index in [0.29, 0.717) is 6.54 Å². The van der Waals surface area contributed by atoms with Crippen LogP contribution in [-0.2, 0) is 17.8 Å². The molecule has 0 saturated carbocycles. The zero-order valence-electron chi connectivity index (χ0n) is 13.3. The van der Waals surface area contributed by atoms with Crippen molar-refractivity contribution < 1.29 is 9.53 Å². The highest BCUT2D eigenvalue weighted by Gasteiger charge is 2.26. The third-order valence-corrected chi connectivity index (χ3v) is 5.14.